The topological polar surface area (TPSA) is 63.8 Å². The van der Waals surface area contributed by atoms with Gasteiger partial charge in [0.15, 0.2) is 0 Å². The molecule has 1 aliphatic rings. The molecular weight excluding hydrogens is 221 g/mol. The maximum Gasteiger partial charge on any atom is 0.326 e. The van der Waals surface area contributed by atoms with Crippen molar-refractivity contribution in [1.82, 2.24) is 9.55 Å². The Morgan fingerprint density at radius 1 is 1.41 bits per heavy atom. The molecule has 0 aliphatic heterocycles. The Bertz CT molecular complexity index is 616. The molecule has 1 saturated carbocycles. The molecule has 0 spiro atoms. The first-order chi connectivity index (χ1) is 8.15. The normalized spacial score (nSPS) is 24.6. The molecule has 0 amide bonds. The van der Waals surface area contributed by atoms with Gasteiger partial charge in [-0.15, -0.1) is 0 Å². The van der Waals surface area contributed by atoms with Crippen molar-refractivity contribution in [3.63, 3.8) is 0 Å². The zero-order chi connectivity index (χ0) is 12.0. The van der Waals surface area contributed by atoms with Gasteiger partial charge < -0.3 is 10.7 Å². The van der Waals surface area contributed by atoms with Crippen molar-refractivity contribution < 1.29 is 4.39 Å². The summed E-state index contributed by atoms with van der Waals surface area (Å²) in [6.07, 6.45) is 2.58. The molecule has 0 radical (unpaired) electrons. The molecule has 0 bridgehead atoms. The molecule has 1 fully saturated rings. The lowest BCUT2D eigenvalue weighted by atomic mass is 10.2. The summed E-state index contributed by atoms with van der Waals surface area (Å²) in [7, 11) is 0. The van der Waals surface area contributed by atoms with E-state index in [4.69, 9.17) is 5.73 Å². The summed E-state index contributed by atoms with van der Waals surface area (Å²) < 4.78 is 14.9. The van der Waals surface area contributed by atoms with Gasteiger partial charge in [0.05, 0.1) is 11.0 Å². The number of imidazole rings is 1. The van der Waals surface area contributed by atoms with Gasteiger partial charge in [-0.25, -0.2) is 9.18 Å². The van der Waals surface area contributed by atoms with Crippen LogP contribution < -0.4 is 11.4 Å². The number of aromatic amines is 1. The molecule has 1 aromatic heterocycles. The van der Waals surface area contributed by atoms with Crippen molar-refractivity contribution in [2.45, 2.75) is 31.3 Å². The summed E-state index contributed by atoms with van der Waals surface area (Å²) in [6.45, 7) is 0. The standard InChI is InChI=1S/C12H14FN3O/c13-7-1-4-10-11(5-7)16(12(17)15-10)9-3-2-8(14)6-9/h1,4-5,8-9H,2-3,6,14H2,(H,15,17). The van der Waals surface area contributed by atoms with Crippen LogP contribution in [0.4, 0.5) is 4.39 Å². The van der Waals surface area contributed by atoms with Crippen LogP contribution in [0.3, 0.4) is 0 Å². The molecule has 2 aromatic rings. The summed E-state index contributed by atoms with van der Waals surface area (Å²) in [6, 6.07) is 4.58. The number of fused-ring (bicyclic) bond motifs is 1. The number of nitrogens with one attached hydrogen (secondary N) is 1. The maximum absolute atomic E-state index is 13.2. The van der Waals surface area contributed by atoms with Crippen LogP contribution in [-0.2, 0) is 0 Å². The van der Waals surface area contributed by atoms with Gasteiger partial charge in [-0.05, 0) is 37.5 Å². The van der Waals surface area contributed by atoms with Crippen molar-refractivity contribution in [3.8, 4) is 0 Å². The van der Waals surface area contributed by atoms with Crippen LogP contribution in [0.15, 0.2) is 23.0 Å². The summed E-state index contributed by atoms with van der Waals surface area (Å²) >= 11 is 0. The lowest BCUT2D eigenvalue weighted by Crippen LogP contribution is -2.22. The lowest BCUT2D eigenvalue weighted by Gasteiger charge is -2.11. The van der Waals surface area contributed by atoms with Crippen LogP contribution in [-0.4, -0.2) is 15.6 Å². The molecule has 90 valence electrons. The van der Waals surface area contributed by atoms with Gasteiger partial charge in [0, 0.05) is 12.1 Å². The van der Waals surface area contributed by atoms with Crippen LogP contribution in [0.5, 0.6) is 0 Å². The van der Waals surface area contributed by atoms with E-state index in [0.29, 0.717) is 11.0 Å². The Kier molecular flexibility index (Phi) is 2.29. The van der Waals surface area contributed by atoms with E-state index in [0.717, 1.165) is 19.3 Å². The van der Waals surface area contributed by atoms with Gasteiger partial charge in [-0.2, -0.15) is 0 Å². The minimum Gasteiger partial charge on any atom is -0.328 e. The molecule has 0 saturated heterocycles. The molecule has 1 heterocycles. The number of H-pyrrole nitrogens is 1. The molecule has 2 unspecified atom stereocenters. The third kappa shape index (κ3) is 1.67. The van der Waals surface area contributed by atoms with Gasteiger partial charge in [-0.1, -0.05) is 0 Å². The largest absolute Gasteiger partial charge is 0.328 e. The van der Waals surface area contributed by atoms with Crippen LogP contribution in [0, 0.1) is 5.82 Å². The number of rotatable bonds is 1. The predicted molar refractivity (Wildman–Crippen MR) is 63.4 cm³/mol. The van der Waals surface area contributed by atoms with Crippen molar-refractivity contribution in [1.29, 1.82) is 0 Å². The van der Waals surface area contributed by atoms with E-state index in [1.165, 1.54) is 12.1 Å². The first kappa shape index (κ1) is 10.5. The molecule has 3 rings (SSSR count). The summed E-state index contributed by atoms with van der Waals surface area (Å²) in [5.41, 5.74) is 6.99. The highest BCUT2D eigenvalue weighted by Gasteiger charge is 2.26. The second-order valence-electron chi connectivity index (χ2n) is 4.69. The van der Waals surface area contributed by atoms with Crippen LogP contribution in [0.1, 0.15) is 25.3 Å². The third-order valence-electron chi connectivity index (χ3n) is 3.49. The SMILES string of the molecule is NC1CCC(n2c(=O)[nH]c3ccc(F)cc32)C1. The fraction of sp³-hybridized carbons (Fsp3) is 0.417. The van der Waals surface area contributed by atoms with Crippen molar-refractivity contribution >= 4 is 11.0 Å². The van der Waals surface area contributed by atoms with Crippen molar-refractivity contribution in [3.05, 3.63) is 34.5 Å². The average Bonchev–Trinajstić information content (AvgIpc) is 2.81. The fourth-order valence-corrected chi connectivity index (χ4v) is 2.68. The first-order valence-electron chi connectivity index (χ1n) is 5.80. The Morgan fingerprint density at radius 3 is 2.94 bits per heavy atom. The monoisotopic (exact) mass is 235 g/mol. The molecule has 4 nitrogen and oxygen atoms in total. The van der Waals surface area contributed by atoms with E-state index >= 15 is 0 Å². The number of hydrogen-bond acceptors (Lipinski definition) is 2. The quantitative estimate of drug-likeness (QED) is 0.787. The fourth-order valence-electron chi connectivity index (χ4n) is 2.68. The molecule has 17 heavy (non-hydrogen) atoms. The van der Waals surface area contributed by atoms with Crippen molar-refractivity contribution in [2.24, 2.45) is 5.73 Å². The summed E-state index contributed by atoms with van der Waals surface area (Å²) in [5.74, 6) is -0.326. The average molecular weight is 235 g/mol. The number of halogens is 1. The number of nitrogens with zero attached hydrogens (tertiary/aromatic N) is 1. The van der Waals surface area contributed by atoms with E-state index in [2.05, 4.69) is 4.98 Å². The first-order valence-corrected chi connectivity index (χ1v) is 5.80. The molecule has 5 heteroatoms. The van der Waals surface area contributed by atoms with E-state index in [1.807, 2.05) is 0 Å². The zero-order valence-corrected chi connectivity index (χ0v) is 9.32. The van der Waals surface area contributed by atoms with Crippen molar-refractivity contribution in [2.75, 3.05) is 0 Å². The zero-order valence-electron chi connectivity index (χ0n) is 9.32. The van der Waals surface area contributed by atoms with E-state index in [1.54, 1.807) is 10.6 Å². The van der Waals surface area contributed by atoms with E-state index in [9.17, 15) is 9.18 Å². The molecule has 2 atom stereocenters. The van der Waals surface area contributed by atoms with Crippen LogP contribution in [0.2, 0.25) is 0 Å². The highest BCUT2D eigenvalue weighted by atomic mass is 19.1. The van der Waals surface area contributed by atoms with E-state index < -0.39 is 0 Å². The minimum absolute atomic E-state index is 0.0908. The number of hydrogen-bond donors (Lipinski definition) is 2. The Balaban J connectivity index is 2.17. The molecule has 3 N–H and O–H groups in total. The van der Waals surface area contributed by atoms with Gasteiger partial charge in [0.1, 0.15) is 5.82 Å². The number of aromatic nitrogens is 2. The van der Waals surface area contributed by atoms with Gasteiger partial charge in [0.2, 0.25) is 0 Å². The predicted octanol–water partition coefficient (Wildman–Crippen LogP) is 1.52. The van der Waals surface area contributed by atoms with E-state index in [-0.39, 0.29) is 23.6 Å². The second-order valence-corrected chi connectivity index (χ2v) is 4.69. The third-order valence-corrected chi connectivity index (χ3v) is 3.49. The Morgan fingerprint density at radius 2 is 2.24 bits per heavy atom. The summed E-state index contributed by atoms with van der Waals surface area (Å²) in [5, 5.41) is 0. The maximum atomic E-state index is 13.2. The molecule has 1 aliphatic carbocycles. The molecular formula is C12H14FN3O. The minimum atomic E-state index is -0.326. The summed E-state index contributed by atoms with van der Waals surface area (Å²) in [4.78, 5) is 14.6. The van der Waals surface area contributed by atoms with Gasteiger partial charge >= 0.3 is 5.69 Å². The van der Waals surface area contributed by atoms with Crippen LogP contribution >= 0.6 is 0 Å². The highest BCUT2D eigenvalue weighted by molar-refractivity contribution is 5.75. The Hall–Kier alpha value is -1.62. The van der Waals surface area contributed by atoms with Crippen LogP contribution in [0.25, 0.3) is 11.0 Å². The number of benzene rings is 1. The molecule has 1 aromatic carbocycles. The number of nitrogens with two attached hydrogens (primary N) is 1. The second kappa shape index (κ2) is 3.70. The highest BCUT2D eigenvalue weighted by Crippen LogP contribution is 2.30. The lowest BCUT2D eigenvalue weighted by molar-refractivity contribution is 0.508. The van der Waals surface area contributed by atoms with Gasteiger partial charge in [0.25, 0.3) is 0 Å². The Labute approximate surface area is 97.2 Å². The van der Waals surface area contributed by atoms with Gasteiger partial charge in [-0.3, -0.25) is 4.57 Å². The smallest absolute Gasteiger partial charge is 0.326 e.